The van der Waals surface area contributed by atoms with E-state index in [-0.39, 0.29) is 36.8 Å². The molecule has 0 spiro atoms. The first-order valence-corrected chi connectivity index (χ1v) is 13.2. The number of benzene rings is 3. The van der Waals surface area contributed by atoms with Crippen LogP contribution in [0.1, 0.15) is 50.3 Å². The number of ether oxygens (including phenoxy) is 1. The first-order valence-electron chi connectivity index (χ1n) is 12.8. The third kappa shape index (κ3) is 8.64. The summed E-state index contributed by atoms with van der Waals surface area (Å²) in [7, 11) is 0. The molecule has 0 aliphatic heterocycles. The molecule has 0 aromatic heterocycles. The molecule has 0 saturated heterocycles. The number of para-hydroxylation sites is 1. The van der Waals surface area contributed by atoms with E-state index in [2.05, 4.69) is 19.2 Å². The molecule has 37 heavy (non-hydrogen) atoms. The summed E-state index contributed by atoms with van der Waals surface area (Å²) in [6.07, 6.45) is 0.396. The Labute approximate surface area is 225 Å². The predicted molar refractivity (Wildman–Crippen MR) is 150 cm³/mol. The number of nitrogens with zero attached hydrogens (tertiary/aromatic N) is 1. The maximum atomic E-state index is 13.7. The fourth-order valence-corrected chi connectivity index (χ4v) is 4.20. The number of hydrogen-bond donors (Lipinski definition) is 1. The lowest BCUT2D eigenvalue weighted by Gasteiger charge is -2.32. The third-order valence-electron chi connectivity index (χ3n) is 6.11. The average molecular weight is 521 g/mol. The minimum atomic E-state index is -0.701. The molecular formula is C31H37ClN2O3. The Balaban J connectivity index is 1.91. The van der Waals surface area contributed by atoms with Crippen LogP contribution in [-0.2, 0) is 22.6 Å². The van der Waals surface area contributed by atoms with Crippen molar-refractivity contribution in [1.82, 2.24) is 10.2 Å². The largest absolute Gasteiger partial charge is 0.483 e. The highest BCUT2D eigenvalue weighted by molar-refractivity contribution is 6.30. The molecule has 0 heterocycles. The second kappa shape index (κ2) is 13.8. The molecule has 0 radical (unpaired) electrons. The molecule has 0 fully saturated rings. The molecule has 0 aliphatic rings. The number of carbonyl (C=O) groups excluding carboxylic acids is 2. The van der Waals surface area contributed by atoms with E-state index in [0.29, 0.717) is 23.7 Å². The van der Waals surface area contributed by atoms with Crippen LogP contribution in [0.4, 0.5) is 0 Å². The van der Waals surface area contributed by atoms with Gasteiger partial charge in [0.2, 0.25) is 5.91 Å². The lowest BCUT2D eigenvalue weighted by Crippen LogP contribution is -2.52. The zero-order valence-corrected chi connectivity index (χ0v) is 22.9. The van der Waals surface area contributed by atoms with E-state index in [1.54, 1.807) is 17.0 Å². The van der Waals surface area contributed by atoms with Crippen LogP contribution in [0.5, 0.6) is 5.75 Å². The lowest BCUT2D eigenvalue weighted by atomic mass is 10.0. The number of halogens is 1. The van der Waals surface area contributed by atoms with Gasteiger partial charge in [-0.15, -0.1) is 0 Å². The standard InChI is InChI=1S/C31H37ClN2O3/c1-22(2)19-33-31(36)28(18-24-10-6-5-7-11-24)34(20-25-14-16-26(32)17-15-25)30(35)21-37-29-13-9-8-12-27(29)23(3)4/h5-17,22-23,28H,18-21H2,1-4H3,(H,33,36)/t28-/m0/s1. The van der Waals surface area contributed by atoms with Gasteiger partial charge in [0.05, 0.1) is 0 Å². The summed E-state index contributed by atoms with van der Waals surface area (Å²) < 4.78 is 6.03. The van der Waals surface area contributed by atoms with Crippen molar-refractivity contribution in [1.29, 1.82) is 0 Å². The maximum Gasteiger partial charge on any atom is 0.261 e. The minimum Gasteiger partial charge on any atom is -0.483 e. The Morgan fingerprint density at radius 1 is 0.865 bits per heavy atom. The fraction of sp³-hybridized carbons (Fsp3) is 0.355. The minimum absolute atomic E-state index is 0.167. The highest BCUT2D eigenvalue weighted by atomic mass is 35.5. The highest BCUT2D eigenvalue weighted by Crippen LogP contribution is 2.26. The van der Waals surface area contributed by atoms with Crippen LogP contribution >= 0.6 is 11.6 Å². The average Bonchev–Trinajstić information content (AvgIpc) is 2.89. The van der Waals surface area contributed by atoms with Crippen LogP contribution in [0.2, 0.25) is 5.02 Å². The van der Waals surface area contributed by atoms with Crippen molar-refractivity contribution >= 4 is 23.4 Å². The number of nitrogens with one attached hydrogen (secondary N) is 1. The number of carbonyl (C=O) groups is 2. The molecule has 0 unspecified atom stereocenters. The summed E-state index contributed by atoms with van der Waals surface area (Å²) in [6, 6.07) is 24.2. The van der Waals surface area contributed by atoms with Crippen molar-refractivity contribution in [2.24, 2.45) is 5.92 Å². The van der Waals surface area contributed by atoms with Gasteiger partial charge in [-0.1, -0.05) is 100.0 Å². The summed E-state index contributed by atoms with van der Waals surface area (Å²) in [6.45, 7) is 8.90. The SMILES string of the molecule is CC(C)CNC(=O)[C@H](Cc1ccccc1)N(Cc1ccc(Cl)cc1)C(=O)COc1ccccc1C(C)C. The number of amides is 2. The molecule has 1 atom stereocenters. The zero-order valence-electron chi connectivity index (χ0n) is 22.1. The number of rotatable bonds is 12. The Bertz CT molecular complexity index is 1150. The van der Waals surface area contributed by atoms with E-state index in [9.17, 15) is 9.59 Å². The van der Waals surface area contributed by atoms with E-state index in [1.807, 2.05) is 80.6 Å². The van der Waals surface area contributed by atoms with Crippen LogP contribution < -0.4 is 10.1 Å². The molecule has 196 valence electrons. The first-order chi connectivity index (χ1) is 17.7. The van der Waals surface area contributed by atoms with E-state index in [0.717, 1.165) is 16.7 Å². The molecule has 3 aromatic rings. The van der Waals surface area contributed by atoms with Gasteiger partial charge in [-0.05, 0) is 46.7 Å². The molecule has 3 rings (SSSR count). The van der Waals surface area contributed by atoms with Gasteiger partial charge >= 0.3 is 0 Å². The second-order valence-electron chi connectivity index (χ2n) is 9.97. The molecule has 2 amide bonds. The predicted octanol–water partition coefficient (Wildman–Crippen LogP) is 6.25. The van der Waals surface area contributed by atoms with E-state index in [1.165, 1.54) is 0 Å². The van der Waals surface area contributed by atoms with Gasteiger partial charge in [-0.2, -0.15) is 0 Å². The monoisotopic (exact) mass is 520 g/mol. The van der Waals surface area contributed by atoms with Crippen molar-refractivity contribution in [2.45, 2.75) is 52.6 Å². The first kappa shape index (κ1) is 28.3. The molecular weight excluding hydrogens is 484 g/mol. The molecule has 5 nitrogen and oxygen atoms in total. The summed E-state index contributed by atoms with van der Waals surface area (Å²) in [4.78, 5) is 28.9. The van der Waals surface area contributed by atoms with Crippen molar-refractivity contribution in [3.05, 3.63) is 101 Å². The Morgan fingerprint density at radius 2 is 1.51 bits per heavy atom. The van der Waals surface area contributed by atoms with Crippen molar-refractivity contribution in [3.63, 3.8) is 0 Å². The highest BCUT2D eigenvalue weighted by Gasteiger charge is 2.31. The quantitative estimate of drug-likeness (QED) is 0.307. The van der Waals surface area contributed by atoms with Crippen molar-refractivity contribution in [2.75, 3.05) is 13.2 Å². The Hall–Kier alpha value is -3.31. The summed E-state index contributed by atoms with van der Waals surface area (Å²) >= 11 is 6.10. The van der Waals surface area contributed by atoms with Crippen molar-refractivity contribution < 1.29 is 14.3 Å². The van der Waals surface area contributed by atoms with Gasteiger partial charge in [0.1, 0.15) is 11.8 Å². The van der Waals surface area contributed by atoms with Gasteiger partial charge in [-0.25, -0.2) is 0 Å². The van der Waals surface area contributed by atoms with Crippen LogP contribution in [0.3, 0.4) is 0 Å². The van der Waals surface area contributed by atoms with Gasteiger partial charge in [0.25, 0.3) is 5.91 Å². The van der Waals surface area contributed by atoms with Gasteiger partial charge in [0, 0.05) is 24.5 Å². The molecule has 1 N–H and O–H groups in total. The smallest absolute Gasteiger partial charge is 0.261 e. The molecule has 0 saturated carbocycles. The molecule has 6 heteroatoms. The fourth-order valence-electron chi connectivity index (χ4n) is 4.07. The number of hydrogen-bond acceptors (Lipinski definition) is 3. The third-order valence-corrected chi connectivity index (χ3v) is 6.37. The second-order valence-corrected chi connectivity index (χ2v) is 10.4. The molecule has 0 aliphatic carbocycles. The van der Waals surface area contributed by atoms with Crippen molar-refractivity contribution in [3.8, 4) is 5.75 Å². The topological polar surface area (TPSA) is 58.6 Å². The van der Waals surface area contributed by atoms with E-state index >= 15 is 0 Å². The van der Waals surface area contributed by atoms with Crippen LogP contribution in [0, 0.1) is 5.92 Å². The summed E-state index contributed by atoms with van der Waals surface area (Å²) in [5.41, 5.74) is 2.90. The lowest BCUT2D eigenvalue weighted by molar-refractivity contribution is -0.142. The van der Waals surface area contributed by atoms with Crippen LogP contribution in [0.25, 0.3) is 0 Å². The Morgan fingerprint density at radius 3 is 2.16 bits per heavy atom. The maximum absolute atomic E-state index is 13.7. The summed E-state index contributed by atoms with van der Waals surface area (Å²) in [5, 5.41) is 3.65. The van der Waals surface area contributed by atoms with E-state index in [4.69, 9.17) is 16.3 Å². The Kier molecular flexibility index (Phi) is 10.6. The summed E-state index contributed by atoms with van der Waals surface area (Å²) in [5.74, 6) is 0.791. The molecule has 0 bridgehead atoms. The van der Waals surface area contributed by atoms with E-state index < -0.39 is 6.04 Å². The van der Waals surface area contributed by atoms with Gasteiger partial charge in [-0.3, -0.25) is 9.59 Å². The van der Waals surface area contributed by atoms with Crippen LogP contribution in [-0.4, -0.2) is 35.9 Å². The molecule has 3 aromatic carbocycles. The van der Waals surface area contributed by atoms with Gasteiger partial charge in [0.15, 0.2) is 6.61 Å². The normalized spacial score (nSPS) is 11.9. The van der Waals surface area contributed by atoms with Crippen LogP contribution in [0.15, 0.2) is 78.9 Å². The van der Waals surface area contributed by atoms with Gasteiger partial charge < -0.3 is 15.0 Å². The zero-order chi connectivity index (χ0) is 26.8.